The van der Waals surface area contributed by atoms with Gasteiger partial charge in [0.15, 0.2) is 0 Å². The summed E-state index contributed by atoms with van der Waals surface area (Å²) >= 11 is 0. The van der Waals surface area contributed by atoms with Crippen LogP contribution in [0.15, 0.2) is 18.5 Å². The number of hydrogen-bond donors (Lipinski definition) is 1. The molecule has 0 saturated carbocycles. The third-order valence-corrected chi connectivity index (χ3v) is 1.93. The number of nitrogens with zero attached hydrogens (tertiary/aromatic N) is 1. The highest BCUT2D eigenvalue weighted by Crippen LogP contribution is 2.17. The second kappa shape index (κ2) is 7.90. The number of hydrogen-bond acceptors (Lipinski definition) is 5. The first-order valence-corrected chi connectivity index (χ1v) is 5.23. The van der Waals surface area contributed by atoms with Crippen LogP contribution in [-0.2, 0) is 9.47 Å². The molecule has 1 aromatic rings. The average Bonchev–Trinajstić information content (AvgIpc) is 2.30. The number of nitrogens with two attached hydrogens (primary N) is 1. The van der Waals surface area contributed by atoms with Gasteiger partial charge in [-0.15, -0.1) is 0 Å². The van der Waals surface area contributed by atoms with Gasteiger partial charge in [0, 0.05) is 32.6 Å². The molecule has 0 amide bonds. The topological polar surface area (TPSA) is 66.6 Å². The lowest BCUT2D eigenvalue weighted by atomic mass is 10.4. The van der Waals surface area contributed by atoms with Gasteiger partial charge in [0.25, 0.3) is 0 Å². The van der Waals surface area contributed by atoms with Crippen molar-refractivity contribution >= 4 is 5.69 Å². The van der Waals surface area contributed by atoms with Crippen LogP contribution in [0.25, 0.3) is 0 Å². The van der Waals surface area contributed by atoms with Crippen molar-refractivity contribution in [2.24, 2.45) is 0 Å². The number of rotatable bonds is 8. The summed E-state index contributed by atoms with van der Waals surface area (Å²) in [6.07, 6.45) is 4.10. The van der Waals surface area contributed by atoms with Gasteiger partial charge in [-0.25, -0.2) is 0 Å². The van der Waals surface area contributed by atoms with Gasteiger partial charge in [-0.3, -0.25) is 4.98 Å². The maximum absolute atomic E-state index is 5.66. The molecular formula is C11H18N2O3. The van der Waals surface area contributed by atoms with Crippen molar-refractivity contribution in [3.63, 3.8) is 0 Å². The molecule has 0 aliphatic heterocycles. The van der Waals surface area contributed by atoms with E-state index in [1.807, 2.05) is 0 Å². The molecule has 0 bridgehead atoms. The number of ether oxygens (including phenoxy) is 3. The Morgan fingerprint density at radius 2 is 2.12 bits per heavy atom. The van der Waals surface area contributed by atoms with Crippen LogP contribution in [-0.4, -0.2) is 38.5 Å². The molecule has 2 N–H and O–H groups in total. The molecule has 5 nitrogen and oxygen atoms in total. The van der Waals surface area contributed by atoms with Crippen LogP contribution >= 0.6 is 0 Å². The summed E-state index contributed by atoms with van der Waals surface area (Å²) < 4.78 is 15.7. The van der Waals surface area contributed by atoms with Crippen molar-refractivity contribution in [3.05, 3.63) is 18.5 Å². The highest BCUT2D eigenvalue weighted by atomic mass is 16.5. The third kappa shape index (κ3) is 4.95. The van der Waals surface area contributed by atoms with Crippen LogP contribution in [0.5, 0.6) is 5.75 Å². The first kappa shape index (κ1) is 12.7. The number of nitrogen functional groups attached to an aromatic ring is 1. The minimum atomic E-state index is 0.487. The van der Waals surface area contributed by atoms with Crippen molar-refractivity contribution in [2.75, 3.05) is 39.3 Å². The maximum atomic E-state index is 5.66. The highest BCUT2D eigenvalue weighted by Gasteiger charge is 1.98. The van der Waals surface area contributed by atoms with E-state index in [0.717, 1.165) is 13.0 Å². The lowest BCUT2D eigenvalue weighted by molar-refractivity contribution is 0.0808. The Balaban J connectivity index is 2.05. The Morgan fingerprint density at radius 3 is 2.88 bits per heavy atom. The molecule has 1 aromatic heterocycles. The van der Waals surface area contributed by atoms with E-state index >= 15 is 0 Å². The SMILES string of the molecule is COCCCOCCOc1ccncc1N. The molecule has 0 aliphatic rings. The van der Waals surface area contributed by atoms with Gasteiger partial charge in [0.05, 0.1) is 18.5 Å². The largest absolute Gasteiger partial charge is 0.489 e. The summed E-state index contributed by atoms with van der Waals surface area (Å²) in [5, 5.41) is 0. The Bertz CT molecular complexity index is 294. The van der Waals surface area contributed by atoms with E-state index in [-0.39, 0.29) is 0 Å². The molecule has 90 valence electrons. The number of methoxy groups -OCH3 is 1. The van der Waals surface area contributed by atoms with Crippen LogP contribution in [0.2, 0.25) is 0 Å². The predicted molar refractivity (Wildman–Crippen MR) is 61.5 cm³/mol. The lowest BCUT2D eigenvalue weighted by Crippen LogP contribution is -2.09. The van der Waals surface area contributed by atoms with Gasteiger partial charge in [0.2, 0.25) is 0 Å². The summed E-state index contributed by atoms with van der Waals surface area (Å²) in [4.78, 5) is 3.87. The van der Waals surface area contributed by atoms with Crippen molar-refractivity contribution < 1.29 is 14.2 Å². The Morgan fingerprint density at radius 1 is 1.25 bits per heavy atom. The Labute approximate surface area is 95.5 Å². The van der Waals surface area contributed by atoms with Crippen LogP contribution in [0, 0.1) is 0 Å². The van der Waals surface area contributed by atoms with Crippen molar-refractivity contribution in [1.82, 2.24) is 4.98 Å². The molecule has 1 heterocycles. The van der Waals surface area contributed by atoms with E-state index in [4.69, 9.17) is 19.9 Å². The van der Waals surface area contributed by atoms with Crippen molar-refractivity contribution in [2.45, 2.75) is 6.42 Å². The molecule has 1 rings (SSSR count). The summed E-state index contributed by atoms with van der Waals surface area (Å²) in [6, 6.07) is 1.74. The van der Waals surface area contributed by atoms with Gasteiger partial charge in [-0.1, -0.05) is 0 Å². The van der Waals surface area contributed by atoms with Crippen molar-refractivity contribution in [3.8, 4) is 5.75 Å². The van der Waals surface area contributed by atoms with E-state index in [1.165, 1.54) is 0 Å². The predicted octanol–water partition coefficient (Wildman–Crippen LogP) is 1.10. The lowest BCUT2D eigenvalue weighted by Gasteiger charge is -2.08. The zero-order chi connectivity index (χ0) is 11.6. The second-order valence-corrected chi connectivity index (χ2v) is 3.22. The smallest absolute Gasteiger partial charge is 0.145 e. The van der Waals surface area contributed by atoms with Gasteiger partial charge < -0.3 is 19.9 Å². The summed E-state index contributed by atoms with van der Waals surface area (Å²) in [7, 11) is 1.68. The summed E-state index contributed by atoms with van der Waals surface area (Å²) in [5.74, 6) is 0.649. The van der Waals surface area contributed by atoms with Crippen molar-refractivity contribution in [1.29, 1.82) is 0 Å². The normalized spacial score (nSPS) is 10.3. The Kier molecular flexibility index (Phi) is 6.29. The molecule has 0 fully saturated rings. The van der Waals surface area contributed by atoms with Gasteiger partial charge in [-0.05, 0) is 6.42 Å². The molecule has 0 aromatic carbocycles. The highest BCUT2D eigenvalue weighted by molar-refractivity contribution is 5.49. The molecule has 0 saturated heterocycles. The first-order chi connectivity index (χ1) is 7.84. The third-order valence-electron chi connectivity index (χ3n) is 1.93. The molecule has 16 heavy (non-hydrogen) atoms. The second-order valence-electron chi connectivity index (χ2n) is 3.22. The average molecular weight is 226 g/mol. The van der Waals surface area contributed by atoms with Crippen LogP contribution < -0.4 is 10.5 Å². The van der Waals surface area contributed by atoms with E-state index in [2.05, 4.69) is 4.98 Å². The molecule has 0 atom stereocenters. The molecule has 5 heteroatoms. The fourth-order valence-corrected chi connectivity index (χ4v) is 1.14. The van der Waals surface area contributed by atoms with E-state index in [9.17, 15) is 0 Å². The fraction of sp³-hybridized carbons (Fsp3) is 0.545. The minimum Gasteiger partial charge on any atom is -0.489 e. The molecule has 0 radical (unpaired) electrons. The van der Waals surface area contributed by atoms with E-state index in [1.54, 1.807) is 25.6 Å². The number of anilines is 1. The van der Waals surface area contributed by atoms with E-state index < -0.39 is 0 Å². The standard InChI is InChI=1S/C11H18N2O3/c1-14-5-2-6-15-7-8-16-11-3-4-13-9-10(11)12/h3-4,9H,2,5-8,12H2,1H3. The summed E-state index contributed by atoms with van der Waals surface area (Å²) in [5.41, 5.74) is 6.20. The molecule has 0 spiro atoms. The number of aromatic nitrogens is 1. The monoisotopic (exact) mass is 226 g/mol. The Hall–Kier alpha value is -1.33. The first-order valence-electron chi connectivity index (χ1n) is 5.23. The molecule has 0 aliphatic carbocycles. The zero-order valence-electron chi connectivity index (χ0n) is 9.52. The molecule has 0 unspecified atom stereocenters. The number of pyridine rings is 1. The van der Waals surface area contributed by atoms with E-state index in [0.29, 0.717) is 31.3 Å². The maximum Gasteiger partial charge on any atom is 0.145 e. The van der Waals surface area contributed by atoms with Crippen LogP contribution in [0.4, 0.5) is 5.69 Å². The van der Waals surface area contributed by atoms with Gasteiger partial charge >= 0.3 is 0 Å². The van der Waals surface area contributed by atoms with Crippen LogP contribution in [0.3, 0.4) is 0 Å². The zero-order valence-corrected chi connectivity index (χ0v) is 9.52. The quantitative estimate of drug-likeness (QED) is 0.672. The minimum absolute atomic E-state index is 0.487. The molecular weight excluding hydrogens is 208 g/mol. The fourth-order valence-electron chi connectivity index (χ4n) is 1.14. The van der Waals surface area contributed by atoms with Crippen LogP contribution in [0.1, 0.15) is 6.42 Å². The van der Waals surface area contributed by atoms with Gasteiger partial charge in [0.1, 0.15) is 12.4 Å². The van der Waals surface area contributed by atoms with Gasteiger partial charge in [-0.2, -0.15) is 0 Å². The summed E-state index contributed by atoms with van der Waals surface area (Å²) in [6.45, 7) is 2.44.